The molecular formula is C30H32O5. The van der Waals surface area contributed by atoms with Gasteiger partial charge in [0.2, 0.25) is 0 Å². The first-order chi connectivity index (χ1) is 17.0. The minimum absolute atomic E-state index is 0.377. The number of allylic oxidation sites excluding steroid dienone is 1. The molecule has 5 heteroatoms. The molecule has 3 aromatic carbocycles. The molecule has 0 bridgehead atoms. The Morgan fingerprint density at radius 3 is 2.34 bits per heavy atom. The van der Waals surface area contributed by atoms with Gasteiger partial charge in [0.05, 0.1) is 18.8 Å². The summed E-state index contributed by atoms with van der Waals surface area (Å²) in [6, 6.07) is 17.1. The molecule has 35 heavy (non-hydrogen) atoms. The second-order valence-corrected chi connectivity index (χ2v) is 8.34. The quantitative estimate of drug-likeness (QED) is 0.0904. The molecule has 0 atom stereocenters. The second kappa shape index (κ2) is 13.1. The van der Waals surface area contributed by atoms with E-state index in [-0.39, 0.29) is 11.9 Å². The van der Waals surface area contributed by atoms with E-state index in [1.807, 2.05) is 61.5 Å². The van der Waals surface area contributed by atoms with Crippen LogP contribution in [0.15, 0.2) is 79.9 Å². The lowest BCUT2D eigenvalue weighted by molar-refractivity contribution is -0.137. The lowest BCUT2D eigenvalue weighted by atomic mass is 10.1. The van der Waals surface area contributed by atoms with Crippen LogP contribution in [0, 0.1) is 6.92 Å². The van der Waals surface area contributed by atoms with Crippen molar-refractivity contribution in [2.75, 3.05) is 13.2 Å². The fraction of sp³-hybridized carbons (Fsp3) is 0.267. The Kier molecular flexibility index (Phi) is 9.67. The number of hydrogen-bond acceptors (Lipinski definition) is 5. The number of benzene rings is 3. The van der Waals surface area contributed by atoms with E-state index in [0.29, 0.717) is 24.5 Å². The molecule has 0 aliphatic carbocycles. The summed E-state index contributed by atoms with van der Waals surface area (Å²) >= 11 is 0. The zero-order chi connectivity index (χ0) is 25.0. The third-order valence-corrected chi connectivity index (χ3v) is 5.59. The standard InChI is InChI=1S/C30H32O5/c1-4-10-23-11-16-28(22(3)19-23)35-30(32)26-13-12-25-21-27(15-14-24(25)20-26)33-17-8-6-7-9-18-34-29(31)5-2/h4-5,11-16,19-21H,1-2,6-10,17-18H2,3H3. The number of esters is 2. The SMILES string of the molecule is C=CCc1ccc(OC(=O)c2ccc3cc(OCCCCCCOC(=O)C=C)ccc3c2)c(C)c1. The molecule has 0 aromatic heterocycles. The Labute approximate surface area is 207 Å². The van der Waals surface area contributed by atoms with E-state index in [2.05, 4.69) is 13.2 Å². The maximum absolute atomic E-state index is 12.7. The Balaban J connectivity index is 1.49. The van der Waals surface area contributed by atoms with Crippen LogP contribution >= 0.6 is 0 Å². The van der Waals surface area contributed by atoms with Crippen molar-refractivity contribution in [3.8, 4) is 11.5 Å². The summed E-state index contributed by atoms with van der Waals surface area (Å²) in [5, 5.41) is 1.94. The smallest absolute Gasteiger partial charge is 0.343 e. The number of carbonyl (C=O) groups is 2. The van der Waals surface area contributed by atoms with Crippen molar-refractivity contribution >= 4 is 22.7 Å². The van der Waals surface area contributed by atoms with Gasteiger partial charge in [0.15, 0.2) is 0 Å². The summed E-state index contributed by atoms with van der Waals surface area (Å²) in [7, 11) is 0. The Morgan fingerprint density at radius 2 is 1.60 bits per heavy atom. The third-order valence-electron chi connectivity index (χ3n) is 5.59. The number of unbranched alkanes of at least 4 members (excludes halogenated alkanes) is 3. The molecule has 0 aliphatic rings. The average molecular weight is 473 g/mol. The third kappa shape index (κ3) is 7.85. The largest absolute Gasteiger partial charge is 0.494 e. The van der Waals surface area contributed by atoms with E-state index in [0.717, 1.165) is 59.8 Å². The van der Waals surface area contributed by atoms with Gasteiger partial charge in [-0.15, -0.1) is 6.58 Å². The zero-order valence-electron chi connectivity index (χ0n) is 20.3. The van der Waals surface area contributed by atoms with Crippen LogP contribution in [0.5, 0.6) is 11.5 Å². The predicted molar refractivity (Wildman–Crippen MR) is 139 cm³/mol. The van der Waals surface area contributed by atoms with E-state index in [9.17, 15) is 9.59 Å². The van der Waals surface area contributed by atoms with E-state index in [4.69, 9.17) is 14.2 Å². The Hall–Kier alpha value is -3.86. The molecule has 0 radical (unpaired) electrons. The Bertz CT molecular complexity index is 1190. The van der Waals surface area contributed by atoms with Gasteiger partial charge in [-0.2, -0.15) is 0 Å². The molecule has 0 aliphatic heterocycles. The summed E-state index contributed by atoms with van der Waals surface area (Å²) < 4.78 is 16.5. The number of fused-ring (bicyclic) bond motifs is 1. The average Bonchev–Trinajstić information content (AvgIpc) is 2.86. The fourth-order valence-corrected chi connectivity index (χ4v) is 3.70. The van der Waals surface area contributed by atoms with Crippen LogP contribution in [0.25, 0.3) is 10.8 Å². The molecule has 0 saturated carbocycles. The van der Waals surface area contributed by atoms with Crippen molar-refractivity contribution < 1.29 is 23.8 Å². The zero-order valence-corrected chi connectivity index (χ0v) is 20.3. The number of carbonyl (C=O) groups excluding carboxylic acids is 2. The van der Waals surface area contributed by atoms with Crippen LogP contribution in [-0.2, 0) is 16.0 Å². The Morgan fingerprint density at radius 1 is 0.857 bits per heavy atom. The summed E-state index contributed by atoms with van der Waals surface area (Å²) in [6.07, 6.45) is 7.54. The molecule has 0 spiro atoms. The van der Waals surface area contributed by atoms with Crippen LogP contribution in [-0.4, -0.2) is 25.2 Å². The summed E-state index contributed by atoms with van der Waals surface area (Å²) in [4.78, 5) is 23.7. The highest BCUT2D eigenvalue weighted by atomic mass is 16.5. The molecular weight excluding hydrogens is 440 g/mol. The second-order valence-electron chi connectivity index (χ2n) is 8.34. The highest BCUT2D eigenvalue weighted by Crippen LogP contribution is 2.25. The predicted octanol–water partition coefficient (Wildman–Crippen LogP) is 6.76. The molecule has 0 unspecified atom stereocenters. The lowest BCUT2D eigenvalue weighted by Crippen LogP contribution is -2.09. The summed E-state index contributed by atoms with van der Waals surface area (Å²) in [5.74, 6) is 0.594. The summed E-state index contributed by atoms with van der Waals surface area (Å²) in [6.45, 7) is 10.1. The van der Waals surface area contributed by atoms with Crippen LogP contribution in [0.4, 0.5) is 0 Å². The van der Waals surface area contributed by atoms with Gasteiger partial charge < -0.3 is 14.2 Å². The molecule has 0 saturated heterocycles. The molecule has 0 fully saturated rings. The first kappa shape index (κ1) is 25.8. The van der Waals surface area contributed by atoms with Gasteiger partial charge in [-0.25, -0.2) is 9.59 Å². The van der Waals surface area contributed by atoms with Gasteiger partial charge in [0, 0.05) is 6.08 Å². The van der Waals surface area contributed by atoms with Crippen molar-refractivity contribution in [2.45, 2.75) is 39.0 Å². The highest BCUT2D eigenvalue weighted by Gasteiger charge is 2.12. The van der Waals surface area contributed by atoms with E-state index >= 15 is 0 Å². The first-order valence-electron chi connectivity index (χ1n) is 11.9. The molecule has 5 nitrogen and oxygen atoms in total. The van der Waals surface area contributed by atoms with Gasteiger partial charge >= 0.3 is 11.9 Å². The molecule has 0 amide bonds. The van der Waals surface area contributed by atoms with Crippen molar-refractivity contribution in [2.24, 2.45) is 0 Å². The fourth-order valence-electron chi connectivity index (χ4n) is 3.70. The van der Waals surface area contributed by atoms with Crippen LogP contribution < -0.4 is 9.47 Å². The molecule has 3 aromatic rings. The van der Waals surface area contributed by atoms with Crippen molar-refractivity contribution in [3.05, 3.63) is 96.6 Å². The van der Waals surface area contributed by atoms with Gasteiger partial charge in [-0.3, -0.25) is 0 Å². The van der Waals surface area contributed by atoms with E-state index in [1.165, 1.54) is 6.08 Å². The van der Waals surface area contributed by atoms with Gasteiger partial charge in [-0.1, -0.05) is 36.9 Å². The number of ether oxygens (including phenoxy) is 3. The van der Waals surface area contributed by atoms with Crippen LogP contribution in [0.2, 0.25) is 0 Å². The lowest BCUT2D eigenvalue weighted by Gasteiger charge is -2.10. The van der Waals surface area contributed by atoms with Crippen molar-refractivity contribution in [3.63, 3.8) is 0 Å². The monoisotopic (exact) mass is 472 g/mol. The minimum Gasteiger partial charge on any atom is -0.494 e. The first-order valence-corrected chi connectivity index (χ1v) is 11.9. The molecule has 0 heterocycles. The number of hydrogen-bond donors (Lipinski definition) is 0. The van der Waals surface area contributed by atoms with Crippen molar-refractivity contribution in [1.29, 1.82) is 0 Å². The van der Waals surface area contributed by atoms with E-state index in [1.54, 1.807) is 6.07 Å². The maximum Gasteiger partial charge on any atom is 0.343 e. The van der Waals surface area contributed by atoms with Gasteiger partial charge in [0.1, 0.15) is 11.5 Å². The van der Waals surface area contributed by atoms with Crippen LogP contribution in [0.1, 0.15) is 47.2 Å². The maximum atomic E-state index is 12.7. The van der Waals surface area contributed by atoms with Gasteiger partial charge in [0.25, 0.3) is 0 Å². The molecule has 0 N–H and O–H groups in total. The molecule has 3 rings (SSSR count). The van der Waals surface area contributed by atoms with E-state index < -0.39 is 0 Å². The molecule has 182 valence electrons. The normalized spacial score (nSPS) is 10.5. The summed E-state index contributed by atoms with van der Waals surface area (Å²) in [5.41, 5.74) is 2.54. The highest BCUT2D eigenvalue weighted by molar-refractivity contribution is 5.96. The van der Waals surface area contributed by atoms with Crippen LogP contribution in [0.3, 0.4) is 0 Å². The number of aryl methyl sites for hydroxylation is 1. The topological polar surface area (TPSA) is 61.8 Å². The van der Waals surface area contributed by atoms with Gasteiger partial charge in [-0.05, 0) is 91.3 Å². The van der Waals surface area contributed by atoms with Crippen molar-refractivity contribution in [1.82, 2.24) is 0 Å². The minimum atomic E-state index is -0.383. The number of rotatable bonds is 13.